The Labute approximate surface area is 216 Å². The molecule has 0 bridgehead atoms. The lowest BCUT2D eigenvalue weighted by molar-refractivity contribution is -0.125. The molecule has 7 nitrogen and oxygen atoms in total. The summed E-state index contributed by atoms with van der Waals surface area (Å²) in [4.78, 5) is 0.209. The Bertz CT molecular complexity index is 1150. The van der Waals surface area contributed by atoms with Gasteiger partial charge in [0.25, 0.3) is 0 Å². The summed E-state index contributed by atoms with van der Waals surface area (Å²) in [7, 11) is -3.70. The van der Waals surface area contributed by atoms with Crippen LogP contribution in [0.2, 0.25) is 0 Å². The molecule has 4 rings (SSSR count). The Morgan fingerprint density at radius 3 is 2.49 bits per heavy atom. The van der Waals surface area contributed by atoms with Gasteiger partial charge in [0.1, 0.15) is 0 Å². The molecule has 0 radical (unpaired) electrons. The third-order valence-corrected chi connectivity index (χ3v) is 8.85. The maximum absolute atomic E-state index is 13.4. The van der Waals surface area contributed by atoms with Crippen LogP contribution in [0.15, 0.2) is 53.4 Å². The highest BCUT2D eigenvalue weighted by Crippen LogP contribution is 2.37. The summed E-state index contributed by atoms with van der Waals surface area (Å²) in [6, 6.07) is 13.9. The normalized spacial score (nSPS) is 21.4. The number of piperidine rings is 1. The first-order valence-corrected chi connectivity index (χ1v) is 13.9. The molecule has 11 heteroatoms. The number of alkyl halides is 3. The van der Waals surface area contributed by atoms with Gasteiger partial charge in [-0.15, -0.1) is 0 Å². The highest BCUT2D eigenvalue weighted by atomic mass is 32.2. The van der Waals surface area contributed by atoms with E-state index < -0.39 is 28.8 Å². The summed E-state index contributed by atoms with van der Waals surface area (Å²) in [6.07, 6.45) is -2.67. The topological polar surface area (TPSA) is 90.9 Å². The van der Waals surface area contributed by atoms with E-state index in [2.05, 4.69) is 10.6 Å². The first-order valence-electron chi connectivity index (χ1n) is 12.5. The molecule has 2 aromatic rings. The Hall–Kier alpha value is -2.02. The number of aliphatic hydroxyl groups excluding tert-OH is 1. The molecule has 3 N–H and O–H groups in total. The summed E-state index contributed by atoms with van der Waals surface area (Å²) in [6.45, 7) is 2.55. The van der Waals surface area contributed by atoms with Crippen LogP contribution in [0.5, 0.6) is 0 Å². The van der Waals surface area contributed by atoms with Crippen molar-refractivity contribution in [1.82, 2.24) is 14.9 Å². The lowest BCUT2D eigenvalue weighted by atomic mass is 9.88. The minimum atomic E-state index is -4.26. The Morgan fingerprint density at radius 2 is 1.84 bits per heavy atom. The monoisotopic (exact) mass is 541 g/mol. The summed E-state index contributed by atoms with van der Waals surface area (Å²) >= 11 is 0. The van der Waals surface area contributed by atoms with Gasteiger partial charge in [0.2, 0.25) is 10.0 Å². The predicted molar refractivity (Wildman–Crippen MR) is 134 cm³/mol. The van der Waals surface area contributed by atoms with Crippen LogP contribution in [0.25, 0.3) is 11.1 Å². The van der Waals surface area contributed by atoms with Gasteiger partial charge < -0.3 is 20.5 Å². The van der Waals surface area contributed by atoms with Gasteiger partial charge in [0.15, 0.2) is 0 Å². The number of ether oxygens (including phenoxy) is 1. The van der Waals surface area contributed by atoms with Crippen molar-refractivity contribution in [1.29, 1.82) is 0 Å². The lowest BCUT2D eigenvalue weighted by Gasteiger charge is -2.38. The van der Waals surface area contributed by atoms with Gasteiger partial charge in [-0.2, -0.15) is 17.5 Å². The van der Waals surface area contributed by atoms with Crippen molar-refractivity contribution in [2.45, 2.75) is 61.5 Å². The van der Waals surface area contributed by atoms with Crippen molar-refractivity contribution < 1.29 is 31.4 Å². The minimum Gasteiger partial charge on any atom is -0.392 e. The van der Waals surface area contributed by atoms with Crippen LogP contribution < -0.4 is 10.6 Å². The molecule has 0 aliphatic carbocycles. The van der Waals surface area contributed by atoms with Gasteiger partial charge in [-0.1, -0.05) is 36.4 Å². The van der Waals surface area contributed by atoms with Crippen LogP contribution in [0.1, 0.15) is 31.7 Å². The van der Waals surface area contributed by atoms with E-state index in [1.54, 1.807) is 49.4 Å². The van der Waals surface area contributed by atoms with Gasteiger partial charge in [0.05, 0.1) is 29.8 Å². The van der Waals surface area contributed by atoms with E-state index in [0.29, 0.717) is 44.6 Å². The van der Waals surface area contributed by atoms with Crippen molar-refractivity contribution in [2.75, 3.05) is 32.8 Å². The molecule has 2 aliphatic heterocycles. The SMILES string of the molecule is CC(O)CNC1COC2(CCN(S(=O)(=O)c3cccc(-c4ccc(CNCC(F)(F)F)cc4)c3)CC2)C1. The first kappa shape index (κ1) is 28.0. The Kier molecular flexibility index (Phi) is 8.61. The Balaban J connectivity index is 1.37. The largest absolute Gasteiger partial charge is 0.401 e. The molecule has 2 aliphatic rings. The summed E-state index contributed by atoms with van der Waals surface area (Å²) in [5.74, 6) is 0. The maximum Gasteiger partial charge on any atom is 0.401 e. The Morgan fingerprint density at radius 1 is 1.14 bits per heavy atom. The van der Waals surface area contributed by atoms with E-state index in [4.69, 9.17) is 4.74 Å². The van der Waals surface area contributed by atoms with Crippen LogP contribution in [0, 0.1) is 0 Å². The fourth-order valence-electron chi connectivity index (χ4n) is 4.94. The average Bonchev–Trinajstić information content (AvgIpc) is 3.25. The van der Waals surface area contributed by atoms with Gasteiger partial charge >= 0.3 is 6.18 Å². The standard InChI is InChI=1S/C26H34F3N3O4S/c1-19(33)15-31-23-14-25(36-17-23)9-11-32(12-10-25)37(34,35)24-4-2-3-22(13-24)21-7-5-20(6-8-21)16-30-18-26(27,28)29/h2-8,13,19,23,30-31,33H,9-12,14-18H2,1H3. The van der Waals surface area contributed by atoms with Crippen molar-refractivity contribution in [3.8, 4) is 11.1 Å². The number of aliphatic hydroxyl groups is 1. The number of halogens is 3. The summed E-state index contributed by atoms with van der Waals surface area (Å²) < 4.78 is 71.4. The number of benzene rings is 2. The third-order valence-electron chi connectivity index (χ3n) is 6.96. The van der Waals surface area contributed by atoms with Gasteiger partial charge in [-0.3, -0.25) is 0 Å². The molecular formula is C26H34F3N3O4S. The zero-order valence-corrected chi connectivity index (χ0v) is 21.6. The van der Waals surface area contributed by atoms with Crippen molar-refractivity contribution in [2.24, 2.45) is 0 Å². The fourth-order valence-corrected chi connectivity index (χ4v) is 6.43. The molecule has 0 saturated carbocycles. The molecule has 2 fully saturated rings. The van der Waals surface area contributed by atoms with E-state index >= 15 is 0 Å². The van der Waals surface area contributed by atoms with Gasteiger partial charge in [-0.05, 0) is 55.0 Å². The predicted octanol–water partition coefficient (Wildman–Crippen LogP) is 3.29. The number of rotatable bonds is 9. The van der Waals surface area contributed by atoms with E-state index in [1.807, 2.05) is 6.07 Å². The second-order valence-corrected chi connectivity index (χ2v) is 11.9. The molecule has 0 aromatic heterocycles. The molecular weight excluding hydrogens is 507 g/mol. The van der Waals surface area contributed by atoms with E-state index in [9.17, 15) is 26.7 Å². The summed E-state index contributed by atoms with van der Waals surface area (Å²) in [5.41, 5.74) is 1.87. The lowest BCUT2D eigenvalue weighted by Crippen LogP contribution is -2.47. The van der Waals surface area contributed by atoms with Crippen LogP contribution in [-0.2, 0) is 21.3 Å². The van der Waals surface area contributed by atoms with Crippen molar-refractivity contribution in [3.05, 3.63) is 54.1 Å². The smallest absolute Gasteiger partial charge is 0.392 e. The van der Waals surface area contributed by atoms with Crippen LogP contribution in [-0.4, -0.2) is 74.5 Å². The van der Waals surface area contributed by atoms with Crippen molar-refractivity contribution >= 4 is 10.0 Å². The molecule has 0 amide bonds. The van der Waals surface area contributed by atoms with E-state index in [1.165, 1.54) is 4.31 Å². The van der Waals surface area contributed by atoms with Crippen LogP contribution in [0.3, 0.4) is 0 Å². The zero-order chi connectivity index (χ0) is 26.7. The number of hydrogen-bond donors (Lipinski definition) is 3. The molecule has 204 valence electrons. The van der Waals surface area contributed by atoms with Crippen LogP contribution >= 0.6 is 0 Å². The fraction of sp³-hybridized carbons (Fsp3) is 0.538. The molecule has 2 atom stereocenters. The van der Waals surface area contributed by atoms with Gasteiger partial charge in [0, 0.05) is 32.2 Å². The number of hydrogen-bond acceptors (Lipinski definition) is 6. The number of nitrogens with zero attached hydrogens (tertiary/aromatic N) is 1. The number of sulfonamides is 1. The molecule has 2 saturated heterocycles. The first-order chi connectivity index (χ1) is 17.5. The van der Waals surface area contributed by atoms with E-state index in [0.717, 1.165) is 17.5 Å². The quantitative estimate of drug-likeness (QED) is 0.452. The van der Waals surface area contributed by atoms with Gasteiger partial charge in [-0.25, -0.2) is 8.42 Å². The highest BCUT2D eigenvalue weighted by molar-refractivity contribution is 7.89. The summed E-state index contributed by atoms with van der Waals surface area (Å²) in [5, 5.41) is 15.2. The minimum absolute atomic E-state index is 0.0890. The molecule has 2 heterocycles. The number of nitrogens with one attached hydrogen (secondary N) is 2. The highest BCUT2D eigenvalue weighted by Gasteiger charge is 2.44. The molecule has 2 unspecified atom stereocenters. The molecule has 2 aromatic carbocycles. The second kappa shape index (κ2) is 11.4. The molecule has 37 heavy (non-hydrogen) atoms. The van der Waals surface area contributed by atoms with Crippen molar-refractivity contribution in [3.63, 3.8) is 0 Å². The average molecular weight is 542 g/mol. The third kappa shape index (κ3) is 7.30. The van der Waals surface area contributed by atoms with E-state index in [-0.39, 0.29) is 23.1 Å². The van der Waals surface area contributed by atoms with Crippen LogP contribution in [0.4, 0.5) is 13.2 Å². The zero-order valence-electron chi connectivity index (χ0n) is 20.8. The molecule has 1 spiro atoms. The maximum atomic E-state index is 13.4. The second-order valence-electron chi connectivity index (χ2n) is 10.00.